The number of halogens is 2. The number of aliphatic hydroxyl groups excluding tert-OH is 1. The fourth-order valence-corrected chi connectivity index (χ4v) is 2.05. The predicted molar refractivity (Wildman–Crippen MR) is 107 cm³/mol. The van der Waals surface area contributed by atoms with Crippen molar-refractivity contribution in [2.45, 2.75) is 0 Å². The van der Waals surface area contributed by atoms with Crippen molar-refractivity contribution in [2.75, 3.05) is 13.9 Å². The fourth-order valence-electron chi connectivity index (χ4n) is 1.64. The van der Waals surface area contributed by atoms with E-state index in [1.165, 1.54) is 12.0 Å². The lowest BCUT2D eigenvalue weighted by Gasteiger charge is -2.00. The normalized spacial score (nSPS) is 9.69. The first-order valence-corrected chi connectivity index (χ1v) is 9.21. The van der Waals surface area contributed by atoms with Gasteiger partial charge in [-0.1, -0.05) is 0 Å². The minimum atomic E-state index is -0.750. The molecule has 4 heterocycles. The highest BCUT2D eigenvalue weighted by Crippen LogP contribution is 2.11. The number of fused-ring (bicyclic) bond motifs is 1. The third-order valence-electron chi connectivity index (χ3n) is 2.72. The topological polar surface area (TPSA) is 154 Å². The zero-order valence-corrected chi connectivity index (χ0v) is 18.0. The second-order valence-corrected chi connectivity index (χ2v) is 6.44. The SMILES string of the molecule is Brc1cnc(On2nnc3cccnc32)nc1.COc1ncc(Br)cn1.OCO. The molecule has 4 aromatic heterocycles. The molecule has 0 unspecified atom stereocenters. The molecule has 0 bridgehead atoms. The Hall–Kier alpha value is -2.81. The predicted octanol–water partition coefficient (Wildman–Crippen LogP) is 1.40. The van der Waals surface area contributed by atoms with E-state index in [1.54, 1.807) is 43.1 Å². The number of hydrogen-bond acceptors (Lipinski definition) is 11. The average Bonchev–Trinajstić information content (AvgIpc) is 3.14. The minimum Gasteiger partial charge on any atom is -0.467 e. The van der Waals surface area contributed by atoms with Crippen molar-refractivity contribution in [2.24, 2.45) is 0 Å². The molecule has 0 saturated carbocycles. The molecule has 0 aliphatic rings. The van der Waals surface area contributed by atoms with Gasteiger partial charge in [-0.15, -0.1) is 5.10 Å². The Balaban J connectivity index is 0.000000211. The molecule has 12 nitrogen and oxygen atoms in total. The van der Waals surface area contributed by atoms with Crippen LogP contribution in [0.2, 0.25) is 0 Å². The van der Waals surface area contributed by atoms with Crippen LogP contribution in [0.1, 0.15) is 0 Å². The first-order valence-electron chi connectivity index (χ1n) is 7.63. The van der Waals surface area contributed by atoms with Gasteiger partial charge in [0.1, 0.15) is 12.3 Å². The van der Waals surface area contributed by atoms with Crippen molar-refractivity contribution in [3.05, 3.63) is 52.1 Å². The molecule has 14 heteroatoms. The number of methoxy groups -OCH3 is 1. The molecule has 29 heavy (non-hydrogen) atoms. The van der Waals surface area contributed by atoms with E-state index in [-0.39, 0.29) is 6.01 Å². The molecule has 0 radical (unpaired) electrons. The molecule has 0 aromatic carbocycles. The van der Waals surface area contributed by atoms with Gasteiger partial charge in [-0.05, 0) is 54.1 Å². The van der Waals surface area contributed by atoms with Gasteiger partial charge in [0.05, 0.1) is 16.1 Å². The first-order chi connectivity index (χ1) is 14.1. The molecule has 4 aromatic rings. The van der Waals surface area contributed by atoms with Gasteiger partial charge >= 0.3 is 12.0 Å². The van der Waals surface area contributed by atoms with Crippen molar-refractivity contribution >= 4 is 43.0 Å². The summed E-state index contributed by atoms with van der Waals surface area (Å²) in [5.74, 6) is 0. The summed E-state index contributed by atoms with van der Waals surface area (Å²) in [6.45, 7) is -0.750. The van der Waals surface area contributed by atoms with Crippen LogP contribution in [0.15, 0.2) is 52.1 Å². The van der Waals surface area contributed by atoms with Crippen LogP contribution in [0, 0.1) is 0 Å². The van der Waals surface area contributed by atoms with Crippen molar-refractivity contribution in [3.8, 4) is 12.0 Å². The molecule has 4 rings (SSSR count). The van der Waals surface area contributed by atoms with E-state index < -0.39 is 6.79 Å². The average molecular weight is 530 g/mol. The monoisotopic (exact) mass is 528 g/mol. The number of rotatable bonds is 3. The molecule has 0 aliphatic heterocycles. The summed E-state index contributed by atoms with van der Waals surface area (Å²) in [7, 11) is 1.53. The summed E-state index contributed by atoms with van der Waals surface area (Å²) in [5, 5.41) is 21.9. The number of aliphatic hydroxyl groups is 2. The lowest BCUT2D eigenvalue weighted by atomic mass is 10.4. The molecule has 2 N–H and O–H groups in total. The van der Waals surface area contributed by atoms with Gasteiger partial charge in [0.25, 0.3) is 0 Å². The smallest absolute Gasteiger partial charge is 0.345 e. The van der Waals surface area contributed by atoms with Crippen molar-refractivity contribution < 1.29 is 19.8 Å². The Morgan fingerprint density at radius 2 is 1.48 bits per heavy atom. The summed E-state index contributed by atoms with van der Waals surface area (Å²) in [4.78, 5) is 26.2. The molecule has 0 saturated heterocycles. The first kappa shape index (κ1) is 22.5. The van der Waals surface area contributed by atoms with E-state index in [9.17, 15) is 0 Å². The maximum Gasteiger partial charge on any atom is 0.345 e. The van der Waals surface area contributed by atoms with Crippen LogP contribution < -0.4 is 9.57 Å². The standard InChI is InChI=1S/C9H5BrN6O.C5H5BrN2O.CH4O2/c10-6-4-12-9(13-5-6)17-16-8-7(14-15-16)2-1-3-11-8;1-9-5-7-2-4(6)3-8-5;2-1-3/h1-5H;2-3H,1H3;2-3H,1H2. The van der Waals surface area contributed by atoms with Crippen LogP contribution in [-0.2, 0) is 0 Å². The number of pyridine rings is 1. The third-order valence-corrected chi connectivity index (χ3v) is 3.54. The van der Waals surface area contributed by atoms with Gasteiger partial charge in [-0.3, -0.25) is 0 Å². The Labute approximate surface area is 180 Å². The molecule has 0 atom stereocenters. The Bertz CT molecular complexity index is 1000. The summed E-state index contributed by atoms with van der Waals surface area (Å²) in [5.41, 5.74) is 1.16. The number of nitrogens with zero attached hydrogens (tertiary/aromatic N) is 8. The zero-order valence-electron chi connectivity index (χ0n) is 14.8. The van der Waals surface area contributed by atoms with E-state index in [0.717, 1.165) is 8.95 Å². The summed E-state index contributed by atoms with van der Waals surface area (Å²) in [6, 6.07) is 4.12. The lowest BCUT2D eigenvalue weighted by Crippen LogP contribution is -2.10. The Kier molecular flexibility index (Phi) is 9.23. The molecular formula is C15H14Br2N8O4. The third kappa shape index (κ3) is 7.26. The van der Waals surface area contributed by atoms with E-state index >= 15 is 0 Å². The van der Waals surface area contributed by atoms with Gasteiger partial charge < -0.3 is 19.8 Å². The zero-order chi connectivity index (χ0) is 21.1. The summed E-state index contributed by atoms with van der Waals surface area (Å²) in [6.07, 6.45) is 8.05. The van der Waals surface area contributed by atoms with Crippen LogP contribution >= 0.6 is 31.9 Å². The molecule has 0 aliphatic carbocycles. The second-order valence-electron chi connectivity index (χ2n) is 4.61. The quantitative estimate of drug-likeness (QED) is 0.370. The highest BCUT2D eigenvalue weighted by Gasteiger charge is 2.07. The summed E-state index contributed by atoms with van der Waals surface area (Å²) >= 11 is 6.43. The van der Waals surface area contributed by atoms with Crippen LogP contribution in [0.25, 0.3) is 11.2 Å². The van der Waals surface area contributed by atoms with Crippen LogP contribution in [0.5, 0.6) is 12.0 Å². The Morgan fingerprint density at radius 1 is 0.931 bits per heavy atom. The molecule has 0 fully saturated rings. The highest BCUT2D eigenvalue weighted by atomic mass is 79.9. The number of ether oxygens (including phenoxy) is 1. The van der Waals surface area contributed by atoms with Crippen LogP contribution in [0.4, 0.5) is 0 Å². The van der Waals surface area contributed by atoms with Gasteiger partial charge in [0.15, 0.2) is 0 Å². The molecule has 0 spiro atoms. The highest BCUT2D eigenvalue weighted by molar-refractivity contribution is 9.10. The maximum atomic E-state index is 7.12. The van der Waals surface area contributed by atoms with Crippen LogP contribution in [-0.4, -0.2) is 64.2 Å². The maximum absolute atomic E-state index is 7.12. The van der Waals surface area contributed by atoms with Crippen LogP contribution in [0.3, 0.4) is 0 Å². The largest absolute Gasteiger partial charge is 0.467 e. The van der Waals surface area contributed by atoms with Gasteiger partial charge in [0, 0.05) is 31.0 Å². The Morgan fingerprint density at radius 3 is 2.03 bits per heavy atom. The summed E-state index contributed by atoms with van der Waals surface area (Å²) < 4.78 is 6.35. The van der Waals surface area contributed by atoms with E-state index in [2.05, 4.69) is 67.1 Å². The number of aromatic nitrogens is 8. The molecule has 152 valence electrons. The van der Waals surface area contributed by atoms with Gasteiger partial charge in [-0.25, -0.2) is 24.9 Å². The van der Waals surface area contributed by atoms with E-state index in [4.69, 9.17) is 19.8 Å². The van der Waals surface area contributed by atoms with E-state index in [0.29, 0.717) is 17.2 Å². The van der Waals surface area contributed by atoms with Gasteiger partial charge in [-0.2, -0.15) is 0 Å². The fraction of sp³-hybridized carbons (Fsp3) is 0.133. The minimum absolute atomic E-state index is 0.172. The molecule has 0 amide bonds. The van der Waals surface area contributed by atoms with E-state index in [1.807, 2.05) is 0 Å². The van der Waals surface area contributed by atoms with Gasteiger partial charge in [0.2, 0.25) is 5.65 Å². The van der Waals surface area contributed by atoms with Crippen molar-refractivity contribution in [3.63, 3.8) is 0 Å². The molecular weight excluding hydrogens is 516 g/mol. The second kappa shape index (κ2) is 11.9. The van der Waals surface area contributed by atoms with Crippen molar-refractivity contribution in [1.82, 2.24) is 40.1 Å². The number of hydrogen-bond donors (Lipinski definition) is 2. The lowest BCUT2D eigenvalue weighted by molar-refractivity contribution is 0.0773. The van der Waals surface area contributed by atoms with Crippen molar-refractivity contribution in [1.29, 1.82) is 0 Å².